The summed E-state index contributed by atoms with van der Waals surface area (Å²) in [6, 6.07) is 8.12. The van der Waals surface area contributed by atoms with Gasteiger partial charge in [-0.05, 0) is 29.3 Å². The second kappa shape index (κ2) is 6.22. The van der Waals surface area contributed by atoms with Crippen molar-refractivity contribution in [3.05, 3.63) is 40.6 Å². The molecule has 18 heavy (non-hydrogen) atoms. The highest BCUT2D eigenvalue weighted by Crippen LogP contribution is 2.30. The first-order chi connectivity index (χ1) is 8.72. The van der Waals surface area contributed by atoms with E-state index in [4.69, 9.17) is 18.0 Å². The highest BCUT2D eigenvalue weighted by molar-refractivity contribution is 7.99. The van der Waals surface area contributed by atoms with E-state index in [0.717, 1.165) is 27.6 Å². The standard InChI is InChI=1S/C13H14N2S3/c1-2-18-11-5-3-4-10(12(11)13(14)16)15-9-6-7-17-8-9/h3-8,15H,2H2,1H3,(H2,14,16). The van der Waals surface area contributed by atoms with Gasteiger partial charge >= 0.3 is 0 Å². The predicted octanol–water partition coefficient (Wildman–Crippen LogP) is 4.24. The third-order valence-electron chi connectivity index (χ3n) is 2.37. The van der Waals surface area contributed by atoms with Gasteiger partial charge in [-0.15, -0.1) is 11.8 Å². The van der Waals surface area contributed by atoms with Crippen LogP contribution >= 0.6 is 35.3 Å². The van der Waals surface area contributed by atoms with Crippen LogP contribution in [0.25, 0.3) is 0 Å². The van der Waals surface area contributed by atoms with Gasteiger partial charge < -0.3 is 11.1 Å². The molecule has 0 aliphatic carbocycles. The van der Waals surface area contributed by atoms with Gasteiger partial charge in [0.2, 0.25) is 0 Å². The fourth-order valence-electron chi connectivity index (χ4n) is 1.66. The second-order valence-corrected chi connectivity index (χ2v) is 6.14. The number of hydrogen-bond acceptors (Lipinski definition) is 4. The first-order valence-electron chi connectivity index (χ1n) is 5.57. The van der Waals surface area contributed by atoms with Gasteiger partial charge in [0.25, 0.3) is 0 Å². The van der Waals surface area contributed by atoms with E-state index >= 15 is 0 Å². The Morgan fingerprint density at radius 3 is 2.89 bits per heavy atom. The van der Waals surface area contributed by atoms with Gasteiger partial charge in [0.05, 0.1) is 0 Å². The van der Waals surface area contributed by atoms with Crippen molar-refractivity contribution in [2.75, 3.05) is 11.1 Å². The van der Waals surface area contributed by atoms with E-state index in [1.807, 2.05) is 23.6 Å². The second-order valence-electron chi connectivity index (χ2n) is 3.61. The fraction of sp³-hybridized carbons (Fsp3) is 0.154. The summed E-state index contributed by atoms with van der Waals surface area (Å²) in [5.41, 5.74) is 8.83. The summed E-state index contributed by atoms with van der Waals surface area (Å²) in [7, 11) is 0. The highest BCUT2D eigenvalue weighted by atomic mass is 32.2. The molecule has 94 valence electrons. The topological polar surface area (TPSA) is 38.0 Å². The Morgan fingerprint density at radius 1 is 1.44 bits per heavy atom. The molecule has 0 unspecified atom stereocenters. The molecule has 2 aromatic rings. The lowest BCUT2D eigenvalue weighted by molar-refractivity contribution is 1.38. The normalized spacial score (nSPS) is 10.3. The van der Waals surface area contributed by atoms with E-state index in [-0.39, 0.29) is 0 Å². The van der Waals surface area contributed by atoms with Crippen LogP contribution in [-0.2, 0) is 0 Å². The Hall–Kier alpha value is -1.04. The van der Waals surface area contributed by atoms with Crippen molar-refractivity contribution in [1.29, 1.82) is 0 Å². The lowest BCUT2D eigenvalue weighted by Gasteiger charge is -2.14. The maximum atomic E-state index is 5.86. The minimum absolute atomic E-state index is 0.435. The molecule has 0 fully saturated rings. The van der Waals surface area contributed by atoms with Gasteiger partial charge in [0, 0.05) is 27.2 Å². The van der Waals surface area contributed by atoms with Crippen LogP contribution in [0, 0.1) is 0 Å². The largest absolute Gasteiger partial charge is 0.389 e. The number of thiocarbonyl (C=S) groups is 1. The van der Waals surface area contributed by atoms with E-state index < -0.39 is 0 Å². The van der Waals surface area contributed by atoms with Gasteiger partial charge in [0.1, 0.15) is 4.99 Å². The van der Waals surface area contributed by atoms with Crippen LogP contribution in [0.2, 0.25) is 0 Å². The Balaban J connectivity index is 2.39. The summed E-state index contributed by atoms with van der Waals surface area (Å²) in [5, 5.41) is 7.46. The molecule has 0 saturated carbocycles. The highest BCUT2D eigenvalue weighted by Gasteiger charge is 2.11. The molecule has 0 radical (unpaired) electrons. The van der Waals surface area contributed by atoms with Crippen molar-refractivity contribution in [2.45, 2.75) is 11.8 Å². The van der Waals surface area contributed by atoms with Crippen LogP contribution in [0.1, 0.15) is 12.5 Å². The minimum Gasteiger partial charge on any atom is -0.389 e. The molecule has 0 saturated heterocycles. The average molecular weight is 294 g/mol. The molecular weight excluding hydrogens is 280 g/mol. The molecule has 0 aliphatic heterocycles. The summed E-state index contributed by atoms with van der Waals surface area (Å²) in [5.74, 6) is 0.998. The van der Waals surface area contributed by atoms with E-state index in [1.54, 1.807) is 23.1 Å². The number of anilines is 2. The zero-order valence-corrected chi connectivity index (χ0v) is 12.4. The van der Waals surface area contributed by atoms with E-state index in [9.17, 15) is 0 Å². The van der Waals surface area contributed by atoms with E-state index in [2.05, 4.69) is 23.7 Å². The zero-order chi connectivity index (χ0) is 13.0. The molecule has 1 aromatic carbocycles. The van der Waals surface area contributed by atoms with Crippen LogP contribution in [0.15, 0.2) is 39.9 Å². The molecule has 2 nitrogen and oxygen atoms in total. The van der Waals surface area contributed by atoms with Crippen molar-refractivity contribution < 1.29 is 0 Å². The molecule has 5 heteroatoms. The fourth-order valence-corrected chi connectivity index (χ4v) is 3.38. The molecule has 1 heterocycles. The van der Waals surface area contributed by atoms with Crippen LogP contribution in [0.3, 0.4) is 0 Å². The Bertz CT molecular complexity index is 535. The molecule has 0 atom stereocenters. The van der Waals surface area contributed by atoms with Crippen molar-refractivity contribution in [3.63, 3.8) is 0 Å². The van der Waals surface area contributed by atoms with Crippen LogP contribution in [0.4, 0.5) is 11.4 Å². The van der Waals surface area contributed by atoms with Crippen molar-refractivity contribution in [3.8, 4) is 0 Å². The van der Waals surface area contributed by atoms with Gasteiger partial charge in [0.15, 0.2) is 0 Å². The van der Waals surface area contributed by atoms with Gasteiger partial charge in [-0.3, -0.25) is 0 Å². The van der Waals surface area contributed by atoms with Gasteiger partial charge in [-0.2, -0.15) is 11.3 Å². The van der Waals surface area contributed by atoms with Crippen molar-refractivity contribution in [1.82, 2.24) is 0 Å². The first kappa shape index (κ1) is 13.4. The van der Waals surface area contributed by atoms with E-state index in [0.29, 0.717) is 4.99 Å². The summed E-state index contributed by atoms with van der Waals surface area (Å²) < 4.78 is 0. The van der Waals surface area contributed by atoms with Gasteiger partial charge in [-0.25, -0.2) is 0 Å². The molecule has 0 aliphatic rings. The average Bonchev–Trinajstić information content (AvgIpc) is 2.82. The predicted molar refractivity (Wildman–Crippen MR) is 86.3 cm³/mol. The maximum Gasteiger partial charge on any atom is 0.107 e. The van der Waals surface area contributed by atoms with Crippen LogP contribution in [0.5, 0.6) is 0 Å². The SMILES string of the molecule is CCSc1cccc(Nc2ccsc2)c1C(N)=S. The van der Waals surface area contributed by atoms with Crippen LogP contribution in [-0.4, -0.2) is 10.7 Å². The number of nitrogens with two attached hydrogens (primary N) is 1. The lowest BCUT2D eigenvalue weighted by atomic mass is 10.1. The molecule has 0 bridgehead atoms. The van der Waals surface area contributed by atoms with E-state index in [1.165, 1.54) is 0 Å². The minimum atomic E-state index is 0.435. The van der Waals surface area contributed by atoms with Crippen molar-refractivity contribution in [2.24, 2.45) is 5.73 Å². The first-order valence-corrected chi connectivity index (χ1v) is 7.91. The molecule has 1 aromatic heterocycles. The number of thioether (sulfide) groups is 1. The third-order valence-corrected chi connectivity index (χ3v) is 4.20. The van der Waals surface area contributed by atoms with Gasteiger partial charge in [-0.1, -0.05) is 25.2 Å². The Labute approximate surface area is 121 Å². The lowest BCUT2D eigenvalue weighted by Crippen LogP contribution is -2.13. The summed E-state index contributed by atoms with van der Waals surface area (Å²) >= 11 is 8.58. The summed E-state index contributed by atoms with van der Waals surface area (Å²) in [4.78, 5) is 1.56. The molecule has 3 N–H and O–H groups in total. The number of rotatable bonds is 5. The Kier molecular flexibility index (Phi) is 4.63. The maximum absolute atomic E-state index is 5.86. The number of benzene rings is 1. The smallest absolute Gasteiger partial charge is 0.107 e. The molecule has 0 spiro atoms. The monoisotopic (exact) mass is 294 g/mol. The number of thiophene rings is 1. The van der Waals surface area contributed by atoms with Crippen molar-refractivity contribution >= 4 is 51.7 Å². The number of nitrogens with one attached hydrogen (secondary N) is 1. The summed E-state index contributed by atoms with van der Waals surface area (Å²) in [6.07, 6.45) is 0. The van der Waals surface area contributed by atoms with Crippen LogP contribution < -0.4 is 11.1 Å². The third kappa shape index (κ3) is 3.04. The summed E-state index contributed by atoms with van der Waals surface area (Å²) in [6.45, 7) is 2.12. The molecule has 0 amide bonds. The quantitative estimate of drug-likeness (QED) is 0.639. The molecule has 2 rings (SSSR count). The Morgan fingerprint density at radius 2 is 2.28 bits per heavy atom. The zero-order valence-electron chi connectivity index (χ0n) is 9.97. The number of hydrogen-bond donors (Lipinski definition) is 2. The molecular formula is C13H14N2S3.